The molecule has 2 heterocycles. The Kier molecular flexibility index (Phi) is 2.65. The molecule has 0 aromatic carbocycles. The van der Waals surface area contributed by atoms with Gasteiger partial charge in [-0.2, -0.15) is 0 Å². The summed E-state index contributed by atoms with van der Waals surface area (Å²) in [6.45, 7) is 1.96. The largest absolute Gasteiger partial charge is 0.329 e. The summed E-state index contributed by atoms with van der Waals surface area (Å²) in [5.41, 5.74) is 7.28. The smallest absolute Gasteiger partial charge is 0.0474 e. The van der Waals surface area contributed by atoms with E-state index in [-0.39, 0.29) is 0 Å². The average molecular weight is 217 g/mol. The van der Waals surface area contributed by atoms with Gasteiger partial charge in [-0.1, -0.05) is 0 Å². The lowest BCUT2D eigenvalue weighted by molar-refractivity contribution is 0.153. The number of likely N-dealkylation sites (tertiary alicyclic amines) is 1. The Morgan fingerprint density at radius 3 is 2.75 bits per heavy atom. The highest BCUT2D eigenvalue weighted by atomic mass is 15.2. The molecule has 1 aromatic rings. The number of piperidine rings is 1. The summed E-state index contributed by atoms with van der Waals surface area (Å²) in [5.74, 6) is 0.931. The van der Waals surface area contributed by atoms with Gasteiger partial charge in [0.25, 0.3) is 0 Å². The van der Waals surface area contributed by atoms with Crippen molar-refractivity contribution in [2.24, 2.45) is 11.7 Å². The molecule has 1 saturated heterocycles. The molecule has 86 valence electrons. The molecule has 2 fully saturated rings. The van der Waals surface area contributed by atoms with Crippen LogP contribution < -0.4 is 5.73 Å². The number of hydrogen-bond acceptors (Lipinski definition) is 3. The van der Waals surface area contributed by atoms with Crippen LogP contribution in [0.15, 0.2) is 24.5 Å². The minimum Gasteiger partial charge on any atom is -0.329 e. The molecule has 3 rings (SSSR count). The first-order valence-electron chi connectivity index (χ1n) is 6.24. The Bertz CT molecular complexity index is 351. The maximum Gasteiger partial charge on any atom is 0.0474 e. The lowest BCUT2D eigenvalue weighted by Gasteiger charge is -2.34. The first kappa shape index (κ1) is 10.2. The fourth-order valence-electron chi connectivity index (χ4n) is 3.39. The van der Waals surface area contributed by atoms with Gasteiger partial charge in [-0.15, -0.1) is 0 Å². The second-order valence-electron chi connectivity index (χ2n) is 5.06. The van der Waals surface area contributed by atoms with Crippen LogP contribution in [0.25, 0.3) is 0 Å². The number of fused-ring (bicyclic) bond motifs is 2. The van der Waals surface area contributed by atoms with E-state index in [0.717, 1.165) is 12.0 Å². The second kappa shape index (κ2) is 4.15. The third kappa shape index (κ3) is 1.64. The predicted molar refractivity (Wildman–Crippen MR) is 63.9 cm³/mol. The molecule has 2 aliphatic rings. The van der Waals surface area contributed by atoms with Gasteiger partial charge in [0, 0.05) is 37.6 Å². The number of rotatable bonds is 3. The van der Waals surface area contributed by atoms with Crippen LogP contribution in [0.1, 0.15) is 30.9 Å². The zero-order valence-corrected chi connectivity index (χ0v) is 9.55. The molecule has 1 aromatic heterocycles. The standard InChI is InChI=1S/C13H19N3/c14-8-13(11-3-5-15-6-4-11)16-9-10-1-2-12(16)7-10/h3-6,10,12-13H,1-2,7-9,14H2. The summed E-state index contributed by atoms with van der Waals surface area (Å²) in [5, 5.41) is 0. The zero-order chi connectivity index (χ0) is 11.0. The molecule has 2 N–H and O–H groups in total. The van der Waals surface area contributed by atoms with Gasteiger partial charge in [0.15, 0.2) is 0 Å². The molecular weight excluding hydrogens is 198 g/mol. The van der Waals surface area contributed by atoms with Crippen molar-refractivity contribution in [3.05, 3.63) is 30.1 Å². The van der Waals surface area contributed by atoms with Crippen LogP contribution in [0.5, 0.6) is 0 Å². The van der Waals surface area contributed by atoms with Crippen LogP contribution in [0, 0.1) is 5.92 Å². The maximum absolute atomic E-state index is 5.95. The summed E-state index contributed by atoms with van der Waals surface area (Å²) in [6.07, 6.45) is 7.92. The molecule has 2 bridgehead atoms. The molecule has 0 radical (unpaired) electrons. The van der Waals surface area contributed by atoms with Crippen molar-refractivity contribution in [2.75, 3.05) is 13.1 Å². The van der Waals surface area contributed by atoms with E-state index in [1.807, 2.05) is 12.4 Å². The van der Waals surface area contributed by atoms with Gasteiger partial charge < -0.3 is 5.73 Å². The Balaban J connectivity index is 1.81. The lowest BCUT2D eigenvalue weighted by Crippen LogP contribution is -2.39. The molecular formula is C13H19N3. The second-order valence-corrected chi connectivity index (χ2v) is 5.06. The molecule has 3 atom stereocenters. The van der Waals surface area contributed by atoms with E-state index in [4.69, 9.17) is 5.73 Å². The summed E-state index contributed by atoms with van der Waals surface area (Å²) in [4.78, 5) is 6.69. The highest BCUT2D eigenvalue weighted by Gasteiger charge is 2.40. The van der Waals surface area contributed by atoms with Crippen LogP contribution in [0.4, 0.5) is 0 Å². The maximum atomic E-state index is 5.95. The topological polar surface area (TPSA) is 42.1 Å². The number of hydrogen-bond donors (Lipinski definition) is 1. The minimum absolute atomic E-state index is 0.401. The van der Waals surface area contributed by atoms with Gasteiger partial charge in [0.2, 0.25) is 0 Å². The summed E-state index contributed by atoms with van der Waals surface area (Å²) in [6, 6.07) is 5.39. The number of pyridine rings is 1. The Morgan fingerprint density at radius 2 is 2.19 bits per heavy atom. The van der Waals surface area contributed by atoms with Crippen molar-refractivity contribution in [3.63, 3.8) is 0 Å². The number of nitrogens with two attached hydrogens (primary N) is 1. The van der Waals surface area contributed by atoms with E-state index in [1.54, 1.807) is 0 Å². The van der Waals surface area contributed by atoms with Gasteiger partial charge >= 0.3 is 0 Å². The van der Waals surface area contributed by atoms with E-state index in [0.29, 0.717) is 12.6 Å². The third-order valence-corrected chi connectivity index (χ3v) is 4.17. The third-order valence-electron chi connectivity index (χ3n) is 4.17. The predicted octanol–water partition coefficient (Wildman–Crippen LogP) is 1.57. The molecule has 3 nitrogen and oxygen atoms in total. The van der Waals surface area contributed by atoms with Gasteiger partial charge in [0.05, 0.1) is 0 Å². The number of aromatic nitrogens is 1. The molecule has 3 heteroatoms. The van der Waals surface area contributed by atoms with E-state index < -0.39 is 0 Å². The summed E-state index contributed by atoms with van der Waals surface area (Å²) >= 11 is 0. The first-order valence-corrected chi connectivity index (χ1v) is 6.24. The van der Waals surface area contributed by atoms with Crippen molar-refractivity contribution >= 4 is 0 Å². The molecule has 3 unspecified atom stereocenters. The molecule has 1 saturated carbocycles. The van der Waals surface area contributed by atoms with Gasteiger partial charge in [-0.3, -0.25) is 9.88 Å². The normalized spacial score (nSPS) is 30.8. The minimum atomic E-state index is 0.401. The van der Waals surface area contributed by atoms with Gasteiger partial charge in [-0.25, -0.2) is 0 Å². The van der Waals surface area contributed by atoms with Crippen molar-refractivity contribution in [3.8, 4) is 0 Å². The van der Waals surface area contributed by atoms with E-state index in [9.17, 15) is 0 Å². The molecule has 1 aliphatic heterocycles. The molecule has 1 aliphatic carbocycles. The Labute approximate surface area is 96.7 Å². The van der Waals surface area contributed by atoms with Crippen LogP contribution >= 0.6 is 0 Å². The highest BCUT2D eigenvalue weighted by Crippen LogP contribution is 2.41. The van der Waals surface area contributed by atoms with Crippen molar-refractivity contribution in [1.82, 2.24) is 9.88 Å². The van der Waals surface area contributed by atoms with Crippen LogP contribution in [0.3, 0.4) is 0 Å². The van der Waals surface area contributed by atoms with E-state index >= 15 is 0 Å². The molecule has 16 heavy (non-hydrogen) atoms. The zero-order valence-electron chi connectivity index (χ0n) is 9.55. The quantitative estimate of drug-likeness (QED) is 0.835. The van der Waals surface area contributed by atoms with Crippen molar-refractivity contribution < 1.29 is 0 Å². The van der Waals surface area contributed by atoms with Crippen molar-refractivity contribution in [2.45, 2.75) is 31.3 Å². The van der Waals surface area contributed by atoms with Crippen LogP contribution in [0.2, 0.25) is 0 Å². The van der Waals surface area contributed by atoms with Crippen LogP contribution in [-0.4, -0.2) is 29.0 Å². The first-order chi connectivity index (χ1) is 7.88. The average Bonchev–Trinajstić information content (AvgIpc) is 2.94. The molecule has 0 amide bonds. The number of nitrogens with zero attached hydrogens (tertiary/aromatic N) is 2. The van der Waals surface area contributed by atoms with Crippen LogP contribution in [-0.2, 0) is 0 Å². The summed E-state index contributed by atoms with van der Waals surface area (Å²) < 4.78 is 0. The van der Waals surface area contributed by atoms with Gasteiger partial charge in [-0.05, 0) is 42.9 Å². The summed E-state index contributed by atoms with van der Waals surface area (Å²) in [7, 11) is 0. The molecule has 0 spiro atoms. The SMILES string of the molecule is NCC(c1ccncc1)N1CC2CCC1C2. The highest BCUT2D eigenvalue weighted by molar-refractivity contribution is 5.17. The van der Waals surface area contributed by atoms with E-state index in [1.165, 1.54) is 31.4 Å². The lowest BCUT2D eigenvalue weighted by atomic mass is 10.0. The van der Waals surface area contributed by atoms with Gasteiger partial charge in [0.1, 0.15) is 0 Å². The van der Waals surface area contributed by atoms with Crippen molar-refractivity contribution in [1.29, 1.82) is 0 Å². The fourth-order valence-corrected chi connectivity index (χ4v) is 3.39. The fraction of sp³-hybridized carbons (Fsp3) is 0.615. The Hall–Kier alpha value is -0.930. The monoisotopic (exact) mass is 217 g/mol. The Morgan fingerprint density at radius 1 is 1.38 bits per heavy atom. The van der Waals surface area contributed by atoms with E-state index in [2.05, 4.69) is 22.0 Å².